The summed E-state index contributed by atoms with van der Waals surface area (Å²) in [5.41, 5.74) is 0.931. The average molecular weight is 269 g/mol. The third-order valence-corrected chi connectivity index (χ3v) is 3.31. The van der Waals surface area contributed by atoms with E-state index >= 15 is 0 Å². The van der Waals surface area contributed by atoms with Gasteiger partial charge in [0.05, 0.1) is 12.2 Å². The van der Waals surface area contributed by atoms with Gasteiger partial charge in [0.15, 0.2) is 0 Å². The van der Waals surface area contributed by atoms with E-state index in [-0.39, 0.29) is 5.91 Å². The largest absolute Gasteiger partial charge is 0.336 e. The number of nitrogens with zero attached hydrogens (tertiary/aromatic N) is 2. The van der Waals surface area contributed by atoms with Crippen LogP contribution in [0.5, 0.6) is 0 Å². The minimum absolute atomic E-state index is 0.236. The molecule has 1 aromatic heterocycles. The van der Waals surface area contributed by atoms with Gasteiger partial charge >= 0.3 is 0 Å². The number of amides is 1. The third kappa shape index (κ3) is 2.37. The van der Waals surface area contributed by atoms with Crippen LogP contribution in [-0.4, -0.2) is 22.3 Å². The third-order valence-electron chi connectivity index (χ3n) is 2.58. The summed E-state index contributed by atoms with van der Waals surface area (Å²) in [6, 6.07) is 3.83. The van der Waals surface area contributed by atoms with Crippen LogP contribution in [0.3, 0.4) is 0 Å². The van der Waals surface area contributed by atoms with Crippen molar-refractivity contribution in [3.63, 3.8) is 0 Å². The molecule has 0 radical (unpaired) electrons. The van der Waals surface area contributed by atoms with Crippen molar-refractivity contribution in [1.29, 1.82) is 0 Å². The zero-order valence-corrected chi connectivity index (χ0v) is 10.2. The highest BCUT2D eigenvalue weighted by Gasteiger charge is 2.26. The number of carbonyl (C=O) groups is 1. The van der Waals surface area contributed by atoms with Crippen LogP contribution in [0.1, 0.15) is 19.0 Å². The van der Waals surface area contributed by atoms with E-state index in [0.717, 1.165) is 16.7 Å². The minimum atomic E-state index is 0.236. The van der Waals surface area contributed by atoms with E-state index in [1.165, 1.54) is 0 Å². The summed E-state index contributed by atoms with van der Waals surface area (Å²) in [4.78, 5) is 17.7. The van der Waals surface area contributed by atoms with Crippen molar-refractivity contribution in [2.45, 2.75) is 19.9 Å². The Morgan fingerprint density at radius 3 is 3.07 bits per heavy atom. The van der Waals surface area contributed by atoms with Crippen LogP contribution in [0, 0.1) is 5.92 Å². The molecule has 15 heavy (non-hydrogen) atoms. The van der Waals surface area contributed by atoms with Gasteiger partial charge in [0.25, 0.3) is 0 Å². The van der Waals surface area contributed by atoms with Crippen molar-refractivity contribution in [3.8, 4) is 0 Å². The van der Waals surface area contributed by atoms with Crippen molar-refractivity contribution in [1.82, 2.24) is 9.88 Å². The Labute approximate surface area is 97.6 Å². The first-order valence-electron chi connectivity index (χ1n) is 5.04. The highest BCUT2D eigenvalue weighted by Crippen LogP contribution is 2.21. The van der Waals surface area contributed by atoms with Crippen molar-refractivity contribution in [2.75, 3.05) is 6.54 Å². The van der Waals surface area contributed by atoms with Crippen LogP contribution < -0.4 is 0 Å². The Hall–Kier alpha value is -0.900. The lowest BCUT2D eigenvalue weighted by Gasteiger charge is -2.15. The molecular formula is C11H13BrN2O. The van der Waals surface area contributed by atoms with Gasteiger partial charge in [0.1, 0.15) is 0 Å². The Morgan fingerprint density at radius 2 is 2.47 bits per heavy atom. The number of hydrogen-bond acceptors (Lipinski definition) is 2. The van der Waals surface area contributed by atoms with E-state index in [1.807, 2.05) is 17.0 Å². The number of halogens is 1. The molecule has 0 saturated carbocycles. The molecule has 0 spiro atoms. The lowest BCUT2D eigenvalue weighted by atomic mass is 10.2. The lowest BCUT2D eigenvalue weighted by molar-refractivity contribution is -0.128. The van der Waals surface area contributed by atoms with Crippen LogP contribution in [0.15, 0.2) is 22.8 Å². The van der Waals surface area contributed by atoms with Crippen LogP contribution in [0.2, 0.25) is 0 Å². The van der Waals surface area contributed by atoms with E-state index in [9.17, 15) is 4.79 Å². The fourth-order valence-electron chi connectivity index (χ4n) is 1.84. The summed E-state index contributed by atoms with van der Waals surface area (Å²) in [6.07, 6.45) is 2.43. The molecule has 2 rings (SSSR count). The number of aromatic nitrogens is 1. The Kier molecular flexibility index (Phi) is 3.05. The average Bonchev–Trinajstić information content (AvgIpc) is 2.49. The maximum Gasteiger partial charge on any atom is 0.223 e. The molecule has 0 bridgehead atoms. The van der Waals surface area contributed by atoms with Crippen molar-refractivity contribution in [2.24, 2.45) is 5.92 Å². The second-order valence-corrected chi connectivity index (χ2v) is 4.87. The van der Waals surface area contributed by atoms with Gasteiger partial charge in [-0.2, -0.15) is 0 Å². The number of hydrogen-bond donors (Lipinski definition) is 0. The standard InChI is InChI=1S/C11H13BrN2O/c1-8-5-11(15)14(6-8)7-10-9(12)3-2-4-13-10/h2-4,8H,5-7H2,1H3. The van der Waals surface area contributed by atoms with Crippen LogP contribution >= 0.6 is 15.9 Å². The van der Waals surface area contributed by atoms with E-state index < -0.39 is 0 Å². The van der Waals surface area contributed by atoms with E-state index in [2.05, 4.69) is 27.8 Å². The lowest BCUT2D eigenvalue weighted by Crippen LogP contribution is -2.25. The molecule has 4 heteroatoms. The molecular weight excluding hydrogens is 256 g/mol. The molecule has 1 aliphatic heterocycles. The Bertz CT molecular complexity index is 381. The SMILES string of the molecule is CC1CC(=O)N(Cc2ncccc2Br)C1. The highest BCUT2D eigenvalue weighted by molar-refractivity contribution is 9.10. The summed E-state index contributed by atoms with van der Waals surface area (Å²) < 4.78 is 0.970. The number of rotatable bonds is 2. The van der Waals surface area contributed by atoms with Crippen LogP contribution in [-0.2, 0) is 11.3 Å². The van der Waals surface area contributed by atoms with E-state index in [4.69, 9.17) is 0 Å². The van der Waals surface area contributed by atoms with E-state index in [1.54, 1.807) is 6.20 Å². The minimum Gasteiger partial charge on any atom is -0.336 e. The Balaban J connectivity index is 2.09. The van der Waals surface area contributed by atoms with Gasteiger partial charge in [-0.15, -0.1) is 0 Å². The predicted octanol–water partition coefficient (Wildman–Crippen LogP) is 2.21. The number of pyridine rings is 1. The van der Waals surface area contributed by atoms with Gasteiger partial charge < -0.3 is 4.90 Å². The second kappa shape index (κ2) is 4.31. The maximum absolute atomic E-state index is 11.6. The van der Waals surface area contributed by atoms with Crippen LogP contribution in [0.25, 0.3) is 0 Å². The number of likely N-dealkylation sites (tertiary alicyclic amines) is 1. The van der Waals surface area contributed by atoms with Gasteiger partial charge in [-0.3, -0.25) is 9.78 Å². The Morgan fingerprint density at radius 1 is 1.67 bits per heavy atom. The number of carbonyl (C=O) groups excluding carboxylic acids is 1. The first kappa shape index (κ1) is 10.6. The molecule has 1 amide bonds. The zero-order chi connectivity index (χ0) is 10.8. The fraction of sp³-hybridized carbons (Fsp3) is 0.455. The quantitative estimate of drug-likeness (QED) is 0.824. The summed E-state index contributed by atoms with van der Waals surface area (Å²) in [7, 11) is 0. The molecule has 80 valence electrons. The molecule has 1 unspecified atom stereocenters. The molecule has 1 aliphatic rings. The highest BCUT2D eigenvalue weighted by atomic mass is 79.9. The van der Waals surface area contributed by atoms with E-state index in [0.29, 0.717) is 18.9 Å². The topological polar surface area (TPSA) is 33.2 Å². The fourth-order valence-corrected chi connectivity index (χ4v) is 2.22. The summed E-state index contributed by atoms with van der Waals surface area (Å²) in [6.45, 7) is 3.57. The van der Waals surface area contributed by atoms with Crippen LogP contribution in [0.4, 0.5) is 0 Å². The van der Waals surface area contributed by atoms with Gasteiger partial charge in [-0.1, -0.05) is 6.92 Å². The maximum atomic E-state index is 11.6. The zero-order valence-electron chi connectivity index (χ0n) is 8.61. The molecule has 2 heterocycles. The molecule has 1 atom stereocenters. The van der Waals surface area contributed by atoms with Gasteiger partial charge in [-0.25, -0.2) is 0 Å². The molecule has 0 N–H and O–H groups in total. The molecule has 0 aromatic carbocycles. The monoisotopic (exact) mass is 268 g/mol. The van der Waals surface area contributed by atoms with Crippen molar-refractivity contribution in [3.05, 3.63) is 28.5 Å². The van der Waals surface area contributed by atoms with Gasteiger partial charge in [-0.05, 0) is 34.0 Å². The summed E-state index contributed by atoms with van der Waals surface area (Å²) >= 11 is 3.44. The second-order valence-electron chi connectivity index (χ2n) is 4.02. The molecule has 1 fully saturated rings. The normalized spacial score (nSPS) is 21.1. The first-order valence-corrected chi connectivity index (χ1v) is 5.83. The molecule has 1 saturated heterocycles. The van der Waals surface area contributed by atoms with Crippen molar-refractivity contribution >= 4 is 21.8 Å². The predicted molar refractivity (Wildman–Crippen MR) is 61.1 cm³/mol. The first-order chi connectivity index (χ1) is 7.16. The summed E-state index contributed by atoms with van der Waals surface area (Å²) in [5, 5.41) is 0. The van der Waals surface area contributed by atoms with Gasteiger partial charge in [0.2, 0.25) is 5.91 Å². The molecule has 0 aliphatic carbocycles. The molecule has 1 aromatic rings. The smallest absolute Gasteiger partial charge is 0.223 e. The van der Waals surface area contributed by atoms with Gasteiger partial charge in [0, 0.05) is 23.6 Å². The van der Waals surface area contributed by atoms with Crippen molar-refractivity contribution < 1.29 is 4.79 Å². The molecule has 3 nitrogen and oxygen atoms in total. The summed E-state index contributed by atoms with van der Waals surface area (Å²) in [5.74, 6) is 0.708.